The SMILES string of the molecule is C[C@@H]1C[C@H](Cn2ccc3nc(-c4cn[nH]c4)ccc32)CN1C(=O)C1CCCCC1. The van der Waals surface area contributed by atoms with Gasteiger partial charge in [0.05, 0.1) is 22.9 Å². The van der Waals surface area contributed by atoms with Gasteiger partial charge in [0.25, 0.3) is 0 Å². The lowest BCUT2D eigenvalue weighted by Gasteiger charge is -2.29. The van der Waals surface area contributed by atoms with E-state index in [1.807, 2.05) is 6.20 Å². The monoisotopic (exact) mass is 391 g/mol. The first-order valence-corrected chi connectivity index (χ1v) is 10.9. The summed E-state index contributed by atoms with van der Waals surface area (Å²) < 4.78 is 2.30. The highest BCUT2D eigenvalue weighted by atomic mass is 16.2. The standard InChI is InChI=1S/C23H29N5O/c1-16-11-17(15-28(16)23(29)18-5-3-2-4-6-18)14-27-10-9-21-22(27)8-7-20(26-21)19-12-24-25-13-19/h7-10,12-13,16-18H,2-6,11,14-15H2,1H3,(H,24,25)/t16-,17-/m1/s1. The maximum atomic E-state index is 13.0. The predicted octanol–water partition coefficient (Wildman–Crippen LogP) is 4.24. The van der Waals surface area contributed by atoms with Crippen LogP contribution in [0.5, 0.6) is 0 Å². The molecule has 6 nitrogen and oxygen atoms in total. The average Bonchev–Trinajstić information content (AvgIpc) is 3.49. The number of hydrogen-bond donors (Lipinski definition) is 1. The number of carbonyl (C=O) groups excluding carboxylic acids is 1. The summed E-state index contributed by atoms with van der Waals surface area (Å²) in [7, 11) is 0. The lowest BCUT2D eigenvalue weighted by atomic mass is 9.88. The number of carbonyl (C=O) groups is 1. The maximum Gasteiger partial charge on any atom is 0.225 e. The number of nitrogens with one attached hydrogen (secondary N) is 1. The molecular weight excluding hydrogens is 362 g/mol. The lowest BCUT2D eigenvalue weighted by molar-refractivity contribution is -0.137. The molecule has 3 aromatic heterocycles. The van der Waals surface area contributed by atoms with Crippen molar-refractivity contribution < 1.29 is 4.79 Å². The second kappa shape index (κ2) is 7.65. The fourth-order valence-corrected chi connectivity index (χ4v) is 5.23. The Kier molecular flexibility index (Phi) is 4.86. The first-order valence-electron chi connectivity index (χ1n) is 10.9. The van der Waals surface area contributed by atoms with Crippen LogP contribution >= 0.6 is 0 Å². The molecule has 2 aliphatic rings. The molecule has 0 aromatic carbocycles. The number of H-pyrrole nitrogens is 1. The van der Waals surface area contributed by atoms with Crippen LogP contribution in [0, 0.1) is 11.8 Å². The molecule has 2 fully saturated rings. The van der Waals surface area contributed by atoms with Gasteiger partial charge in [0.1, 0.15) is 0 Å². The molecule has 1 saturated heterocycles. The van der Waals surface area contributed by atoms with Gasteiger partial charge in [-0.15, -0.1) is 0 Å². The molecular formula is C23H29N5O. The molecule has 1 saturated carbocycles. The van der Waals surface area contributed by atoms with Crippen molar-refractivity contribution in [1.29, 1.82) is 0 Å². The van der Waals surface area contributed by atoms with Crippen molar-refractivity contribution in [2.75, 3.05) is 6.54 Å². The van der Waals surface area contributed by atoms with E-state index < -0.39 is 0 Å². The van der Waals surface area contributed by atoms with Gasteiger partial charge in [0.2, 0.25) is 5.91 Å². The summed E-state index contributed by atoms with van der Waals surface area (Å²) in [5, 5.41) is 6.86. The van der Waals surface area contributed by atoms with Crippen molar-refractivity contribution in [2.24, 2.45) is 11.8 Å². The van der Waals surface area contributed by atoms with Crippen LogP contribution in [0.4, 0.5) is 0 Å². The van der Waals surface area contributed by atoms with Gasteiger partial charge in [0.15, 0.2) is 0 Å². The van der Waals surface area contributed by atoms with Crippen LogP contribution in [0.2, 0.25) is 0 Å². The molecule has 1 amide bonds. The molecule has 29 heavy (non-hydrogen) atoms. The Morgan fingerprint density at radius 1 is 1.21 bits per heavy atom. The summed E-state index contributed by atoms with van der Waals surface area (Å²) in [6.07, 6.45) is 12.8. The number of aromatic amines is 1. The second-order valence-electron chi connectivity index (χ2n) is 8.83. The zero-order valence-corrected chi connectivity index (χ0v) is 17.1. The Morgan fingerprint density at radius 3 is 2.86 bits per heavy atom. The van der Waals surface area contributed by atoms with Crippen LogP contribution in [0.15, 0.2) is 36.8 Å². The van der Waals surface area contributed by atoms with E-state index in [-0.39, 0.29) is 5.92 Å². The van der Waals surface area contributed by atoms with Crippen LogP contribution in [-0.2, 0) is 11.3 Å². The largest absolute Gasteiger partial charge is 0.346 e. The van der Waals surface area contributed by atoms with E-state index in [1.54, 1.807) is 6.20 Å². The predicted molar refractivity (Wildman–Crippen MR) is 113 cm³/mol. The van der Waals surface area contributed by atoms with E-state index in [2.05, 4.69) is 51.0 Å². The third-order valence-electron chi connectivity index (χ3n) is 6.77. The van der Waals surface area contributed by atoms with Crippen LogP contribution in [-0.4, -0.2) is 43.1 Å². The van der Waals surface area contributed by atoms with Crippen LogP contribution < -0.4 is 0 Å². The molecule has 6 heteroatoms. The van der Waals surface area contributed by atoms with Gasteiger partial charge < -0.3 is 9.47 Å². The first-order chi connectivity index (χ1) is 14.2. The molecule has 2 atom stereocenters. The van der Waals surface area contributed by atoms with Gasteiger partial charge in [-0.25, -0.2) is 4.98 Å². The van der Waals surface area contributed by atoms with Crippen LogP contribution in [0.25, 0.3) is 22.3 Å². The third-order valence-corrected chi connectivity index (χ3v) is 6.77. The summed E-state index contributed by atoms with van der Waals surface area (Å²) in [5.41, 5.74) is 4.09. The molecule has 3 aromatic rings. The quantitative estimate of drug-likeness (QED) is 0.723. The smallest absolute Gasteiger partial charge is 0.225 e. The summed E-state index contributed by atoms with van der Waals surface area (Å²) >= 11 is 0. The van der Waals surface area contributed by atoms with E-state index >= 15 is 0 Å². The minimum absolute atomic E-state index is 0.267. The van der Waals surface area contributed by atoms with Crippen LogP contribution in [0.1, 0.15) is 45.4 Å². The topological polar surface area (TPSA) is 66.8 Å². The van der Waals surface area contributed by atoms with E-state index in [0.29, 0.717) is 17.9 Å². The zero-order chi connectivity index (χ0) is 19.8. The molecule has 1 aliphatic carbocycles. The zero-order valence-electron chi connectivity index (χ0n) is 17.1. The number of rotatable bonds is 4. The molecule has 152 valence electrons. The Morgan fingerprint density at radius 2 is 2.07 bits per heavy atom. The van der Waals surface area contributed by atoms with Crippen molar-refractivity contribution in [2.45, 2.75) is 58.0 Å². The van der Waals surface area contributed by atoms with Crippen molar-refractivity contribution in [3.05, 3.63) is 36.8 Å². The number of aromatic nitrogens is 4. The number of hydrogen-bond acceptors (Lipinski definition) is 3. The van der Waals surface area contributed by atoms with Gasteiger partial charge in [-0.05, 0) is 50.3 Å². The van der Waals surface area contributed by atoms with E-state index in [1.165, 1.54) is 19.3 Å². The number of fused-ring (bicyclic) bond motifs is 1. The lowest BCUT2D eigenvalue weighted by Crippen LogP contribution is -2.39. The van der Waals surface area contributed by atoms with Gasteiger partial charge in [-0.2, -0.15) is 5.10 Å². The Hall–Kier alpha value is -2.63. The summed E-state index contributed by atoms with van der Waals surface area (Å²) in [5.74, 6) is 1.17. The molecule has 0 radical (unpaired) electrons. The maximum absolute atomic E-state index is 13.0. The van der Waals surface area contributed by atoms with Gasteiger partial charge in [0, 0.05) is 43.0 Å². The van der Waals surface area contributed by atoms with E-state index in [4.69, 9.17) is 4.98 Å². The molecule has 0 bridgehead atoms. The van der Waals surface area contributed by atoms with Crippen molar-refractivity contribution in [3.8, 4) is 11.3 Å². The second-order valence-corrected chi connectivity index (χ2v) is 8.83. The van der Waals surface area contributed by atoms with Crippen LogP contribution in [0.3, 0.4) is 0 Å². The van der Waals surface area contributed by atoms with Crippen molar-refractivity contribution in [1.82, 2.24) is 24.6 Å². The van der Waals surface area contributed by atoms with Gasteiger partial charge in [-0.1, -0.05) is 19.3 Å². The summed E-state index contributed by atoms with van der Waals surface area (Å²) in [4.78, 5) is 20.0. The minimum atomic E-state index is 0.267. The minimum Gasteiger partial charge on any atom is -0.346 e. The molecule has 0 unspecified atom stereocenters. The average molecular weight is 392 g/mol. The Balaban J connectivity index is 1.29. The highest BCUT2D eigenvalue weighted by molar-refractivity contribution is 5.80. The highest BCUT2D eigenvalue weighted by Crippen LogP contribution is 2.32. The van der Waals surface area contributed by atoms with Crippen molar-refractivity contribution in [3.63, 3.8) is 0 Å². The number of likely N-dealkylation sites (tertiary alicyclic amines) is 1. The van der Waals surface area contributed by atoms with E-state index in [0.717, 1.165) is 54.6 Å². The Bertz CT molecular complexity index is 986. The molecule has 1 aliphatic heterocycles. The molecule has 5 rings (SSSR count). The van der Waals surface area contributed by atoms with E-state index in [9.17, 15) is 4.79 Å². The number of pyridine rings is 1. The highest BCUT2D eigenvalue weighted by Gasteiger charge is 2.36. The van der Waals surface area contributed by atoms with Gasteiger partial charge in [-0.3, -0.25) is 9.89 Å². The molecule has 4 heterocycles. The third kappa shape index (κ3) is 3.56. The van der Waals surface area contributed by atoms with Gasteiger partial charge >= 0.3 is 0 Å². The Labute approximate surface area is 171 Å². The number of amides is 1. The fraction of sp³-hybridized carbons (Fsp3) is 0.522. The summed E-state index contributed by atoms with van der Waals surface area (Å²) in [6, 6.07) is 6.64. The molecule has 1 N–H and O–H groups in total. The molecule has 0 spiro atoms. The fourth-order valence-electron chi connectivity index (χ4n) is 5.23. The number of nitrogens with zero attached hydrogens (tertiary/aromatic N) is 4. The van der Waals surface area contributed by atoms with Crippen molar-refractivity contribution >= 4 is 16.9 Å². The first kappa shape index (κ1) is 18.4. The normalized spacial score (nSPS) is 23.1. The summed E-state index contributed by atoms with van der Waals surface area (Å²) in [6.45, 7) is 4.04.